The smallest absolute Gasteiger partial charge is 0.270 e. The lowest BCUT2D eigenvalue weighted by Crippen LogP contribution is -2.54. The molecular formula is C27H31N3O2S. The molecule has 1 saturated heterocycles. The Bertz CT molecular complexity index is 1150. The van der Waals surface area contributed by atoms with Crippen LogP contribution in [0.2, 0.25) is 0 Å². The molecular weight excluding hydrogens is 430 g/mol. The monoisotopic (exact) mass is 461 g/mol. The second kappa shape index (κ2) is 8.75. The van der Waals surface area contributed by atoms with Gasteiger partial charge in [0.15, 0.2) is 5.11 Å². The van der Waals surface area contributed by atoms with E-state index in [4.69, 9.17) is 12.2 Å². The zero-order valence-electron chi connectivity index (χ0n) is 19.9. The molecule has 2 amide bonds. The summed E-state index contributed by atoms with van der Waals surface area (Å²) in [6, 6.07) is 13.9. The van der Waals surface area contributed by atoms with E-state index in [0.29, 0.717) is 11.6 Å². The van der Waals surface area contributed by atoms with E-state index in [0.717, 1.165) is 24.9 Å². The van der Waals surface area contributed by atoms with Gasteiger partial charge in [-0.1, -0.05) is 32.0 Å². The molecule has 2 aliphatic rings. The molecule has 5 nitrogen and oxygen atoms in total. The fourth-order valence-electron chi connectivity index (χ4n) is 5.14. The molecule has 2 aromatic carbocycles. The lowest BCUT2D eigenvalue weighted by molar-refractivity contribution is -0.122. The molecule has 2 heterocycles. The first-order valence-electron chi connectivity index (χ1n) is 11.6. The molecule has 0 saturated carbocycles. The largest absolute Gasteiger partial charge is 0.366 e. The van der Waals surface area contributed by atoms with Gasteiger partial charge in [-0.3, -0.25) is 19.8 Å². The maximum atomic E-state index is 13.3. The van der Waals surface area contributed by atoms with Crippen molar-refractivity contribution in [3.05, 3.63) is 64.7 Å². The van der Waals surface area contributed by atoms with E-state index in [2.05, 4.69) is 57.0 Å². The van der Waals surface area contributed by atoms with Crippen LogP contribution in [0.3, 0.4) is 0 Å². The van der Waals surface area contributed by atoms with Gasteiger partial charge in [0.2, 0.25) is 0 Å². The Labute approximate surface area is 201 Å². The van der Waals surface area contributed by atoms with Gasteiger partial charge in [-0.25, -0.2) is 0 Å². The van der Waals surface area contributed by atoms with Crippen molar-refractivity contribution in [1.82, 2.24) is 5.32 Å². The quantitative estimate of drug-likeness (QED) is 0.387. The topological polar surface area (TPSA) is 52.7 Å². The highest BCUT2D eigenvalue weighted by molar-refractivity contribution is 7.80. The summed E-state index contributed by atoms with van der Waals surface area (Å²) >= 11 is 5.33. The first-order valence-corrected chi connectivity index (χ1v) is 12.0. The molecule has 1 unspecified atom stereocenters. The highest BCUT2D eigenvalue weighted by atomic mass is 32.1. The molecule has 4 rings (SSSR count). The highest BCUT2D eigenvalue weighted by Gasteiger charge is 2.36. The van der Waals surface area contributed by atoms with Crippen molar-refractivity contribution in [3.63, 3.8) is 0 Å². The Morgan fingerprint density at radius 3 is 2.45 bits per heavy atom. The van der Waals surface area contributed by atoms with Crippen molar-refractivity contribution >= 4 is 46.6 Å². The number of thiocarbonyl (C=S) groups is 1. The summed E-state index contributed by atoms with van der Waals surface area (Å²) in [5.41, 5.74) is 5.29. The van der Waals surface area contributed by atoms with Gasteiger partial charge in [0, 0.05) is 17.8 Å². The van der Waals surface area contributed by atoms with Gasteiger partial charge in [0.05, 0.1) is 5.69 Å². The summed E-state index contributed by atoms with van der Waals surface area (Å²) in [5, 5.41) is 2.78. The maximum Gasteiger partial charge on any atom is 0.270 e. The lowest BCUT2D eigenvalue weighted by Gasteiger charge is -2.47. The van der Waals surface area contributed by atoms with Crippen LogP contribution in [0, 0.1) is 0 Å². The number of carbonyl (C=O) groups is 2. The second-order valence-electron chi connectivity index (χ2n) is 9.46. The number of hydrogen-bond donors (Lipinski definition) is 1. The van der Waals surface area contributed by atoms with Gasteiger partial charge in [0.25, 0.3) is 11.8 Å². The predicted molar refractivity (Wildman–Crippen MR) is 139 cm³/mol. The van der Waals surface area contributed by atoms with Crippen LogP contribution in [-0.4, -0.2) is 29.0 Å². The summed E-state index contributed by atoms with van der Waals surface area (Å²) in [7, 11) is 0. The van der Waals surface area contributed by atoms with Gasteiger partial charge in [0.1, 0.15) is 5.57 Å². The van der Waals surface area contributed by atoms with Crippen molar-refractivity contribution in [2.24, 2.45) is 0 Å². The zero-order valence-corrected chi connectivity index (χ0v) is 20.8. The van der Waals surface area contributed by atoms with E-state index in [9.17, 15) is 9.59 Å². The normalized spacial score (nSPS) is 21.3. The first-order chi connectivity index (χ1) is 15.7. The number of benzene rings is 2. The number of nitrogens with zero attached hydrogens (tertiary/aromatic N) is 2. The Balaban J connectivity index is 1.70. The molecule has 1 N–H and O–H groups in total. The molecule has 0 aliphatic carbocycles. The van der Waals surface area contributed by atoms with Crippen molar-refractivity contribution in [2.45, 2.75) is 58.9 Å². The van der Waals surface area contributed by atoms with Crippen LogP contribution in [0.5, 0.6) is 0 Å². The number of carbonyl (C=O) groups excluding carboxylic acids is 2. The molecule has 0 radical (unpaired) electrons. The minimum atomic E-state index is -0.464. The second-order valence-corrected chi connectivity index (χ2v) is 9.84. The lowest BCUT2D eigenvalue weighted by atomic mass is 9.79. The average molecular weight is 462 g/mol. The summed E-state index contributed by atoms with van der Waals surface area (Å²) in [5.74, 6) is -0.489. The number of amides is 2. The predicted octanol–water partition coefficient (Wildman–Crippen LogP) is 5.19. The van der Waals surface area contributed by atoms with E-state index in [1.165, 1.54) is 21.7 Å². The molecule has 2 aromatic rings. The summed E-state index contributed by atoms with van der Waals surface area (Å²) < 4.78 is 0. The molecule has 33 heavy (non-hydrogen) atoms. The molecule has 0 spiro atoms. The summed E-state index contributed by atoms with van der Waals surface area (Å²) in [4.78, 5) is 29.9. The van der Waals surface area contributed by atoms with Crippen LogP contribution in [0.15, 0.2) is 48.0 Å². The van der Waals surface area contributed by atoms with Crippen LogP contribution in [0.1, 0.15) is 63.6 Å². The summed E-state index contributed by atoms with van der Waals surface area (Å²) in [6.07, 6.45) is 3.63. The van der Waals surface area contributed by atoms with E-state index < -0.39 is 11.8 Å². The summed E-state index contributed by atoms with van der Waals surface area (Å²) in [6.45, 7) is 12.0. The van der Waals surface area contributed by atoms with Crippen LogP contribution < -0.4 is 15.1 Å². The Hall–Kier alpha value is -2.99. The molecule has 1 fully saturated rings. The fraction of sp³-hybridized carbons (Fsp3) is 0.370. The molecule has 2 aliphatic heterocycles. The van der Waals surface area contributed by atoms with E-state index >= 15 is 0 Å². The maximum absolute atomic E-state index is 13.3. The van der Waals surface area contributed by atoms with Gasteiger partial charge in [-0.15, -0.1) is 0 Å². The van der Waals surface area contributed by atoms with Crippen molar-refractivity contribution in [1.29, 1.82) is 0 Å². The third-order valence-corrected chi connectivity index (χ3v) is 7.03. The third-order valence-electron chi connectivity index (χ3n) is 6.74. The number of aryl methyl sites for hydroxylation is 1. The van der Waals surface area contributed by atoms with E-state index in [1.54, 1.807) is 6.08 Å². The van der Waals surface area contributed by atoms with Gasteiger partial charge < -0.3 is 4.90 Å². The van der Waals surface area contributed by atoms with Crippen molar-refractivity contribution in [3.8, 4) is 0 Å². The number of rotatable bonds is 4. The Kier molecular flexibility index (Phi) is 6.14. The number of fused-ring (bicyclic) bond motifs is 1. The van der Waals surface area contributed by atoms with Gasteiger partial charge >= 0.3 is 0 Å². The molecule has 0 bridgehead atoms. The van der Waals surface area contributed by atoms with Gasteiger partial charge in [-0.05, 0) is 98.8 Å². The standard InChI is InChI=1S/C27H31N3O2S/c1-6-18-8-11-20(12-9-18)30-25(32)22(24(31)28-26(30)33)15-19-10-13-23-21(14-19)17(3)16-27(4,5)29(23)7-2/h8-15,17H,6-7,16H2,1-5H3,(H,28,31,33)/b22-15+. The average Bonchev–Trinajstić information content (AvgIpc) is 2.77. The fourth-order valence-corrected chi connectivity index (χ4v) is 5.42. The van der Waals surface area contributed by atoms with Crippen molar-refractivity contribution in [2.75, 3.05) is 16.3 Å². The zero-order chi connectivity index (χ0) is 23.9. The SMILES string of the molecule is CCc1ccc(N2C(=O)/C(=C/c3ccc4c(c3)C(C)CC(C)(C)N4CC)C(=O)NC2=S)cc1. The number of hydrogen-bond acceptors (Lipinski definition) is 4. The van der Waals surface area contributed by atoms with Crippen molar-refractivity contribution < 1.29 is 9.59 Å². The first kappa shape index (κ1) is 23.2. The van der Waals surface area contributed by atoms with Crippen LogP contribution in [0.25, 0.3) is 6.08 Å². The molecule has 172 valence electrons. The highest BCUT2D eigenvalue weighted by Crippen LogP contribution is 2.43. The Morgan fingerprint density at radius 2 is 1.82 bits per heavy atom. The van der Waals surface area contributed by atoms with Crippen LogP contribution in [-0.2, 0) is 16.0 Å². The Morgan fingerprint density at radius 1 is 1.12 bits per heavy atom. The van der Waals surface area contributed by atoms with E-state index in [-0.39, 0.29) is 16.2 Å². The molecule has 6 heteroatoms. The van der Waals surface area contributed by atoms with Crippen LogP contribution in [0.4, 0.5) is 11.4 Å². The number of nitrogens with one attached hydrogen (secondary N) is 1. The van der Waals surface area contributed by atoms with E-state index in [1.807, 2.05) is 30.3 Å². The number of anilines is 2. The molecule has 0 aromatic heterocycles. The molecule has 1 atom stereocenters. The van der Waals surface area contributed by atoms with Gasteiger partial charge in [-0.2, -0.15) is 0 Å². The minimum Gasteiger partial charge on any atom is -0.366 e. The minimum absolute atomic E-state index is 0.0826. The third kappa shape index (κ3) is 4.20. The van der Waals surface area contributed by atoms with Crippen LogP contribution >= 0.6 is 12.2 Å².